The number of rotatable bonds is 6. The zero-order valence-electron chi connectivity index (χ0n) is 31.3. The van der Waals surface area contributed by atoms with E-state index in [1.54, 1.807) is 0 Å². The van der Waals surface area contributed by atoms with Crippen molar-refractivity contribution in [2.45, 2.75) is 0 Å². The molecular weight excluding hydrogens is 687 g/mol. The summed E-state index contributed by atoms with van der Waals surface area (Å²) in [6, 6.07) is 82.0. The molecule has 0 saturated carbocycles. The van der Waals surface area contributed by atoms with Crippen LogP contribution < -0.4 is 0 Å². The minimum Gasteiger partial charge on any atom is -0.309 e. The average molecular weight is 724 g/mol. The highest BCUT2D eigenvalue weighted by molar-refractivity contribution is 6.22. The number of aromatic nitrogens is 1. The predicted molar refractivity (Wildman–Crippen MR) is 243 cm³/mol. The van der Waals surface area contributed by atoms with Gasteiger partial charge in [0.25, 0.3) is 0 Å². The van der Waals surface area contributed by atoms with Crippen molar-refractivity contribution in [3.05, 3.63) is 224 Å². The first-order valence-electron chi connectivity index (χ1n) is 19.7. The minimum absolute atomic E-state index is 1.17. The van der Waals surface area contributed by atoms with Gasteiger partial charge in [-0.3, -0.25) is 0 Å². The SMILES string of the molecule is c1ccc(-c2ccc(-c3c4ccccc4c(-c4ccc(-c5ccccc5)cc4)c4cc(-c5ccc6c(c5)c5ccccc5n6-c5ccccc5)ccc34)cc2)cc1. The lowest BCUT2D eigenvalue weighted by Gasteiger charge is -2.19. The third-order valence-electron chi connectivity index (χ3n) is 11.6. The monoisotopic (exact) mass is 723 g/mol. The van der Waals surface area contributed by atoms with Crippen LogP contribution in [0, 0.1) is 0 Å². The van der Waals surface area contributed by atoms with E-state index < -0.39 is 0 Å². The van der Waals surface area contributed by atoms with Gasteiger partial charge < -0.3 is 4.57 Å². The Hall–Kier alpha value is -7.48. The Bertz CT molecular complexity index is 3230. The maximum atomic E-state index is 2.43. The Morgan fingerprint density at radius 2 is 0.579 bits per heavy atom. The van der Waals surface area contributed by atoms with Crippen molar-refractivity contribution in [3.8, 4) is 61.3 Å². The van der Waals surface area contributed by atoms with Crippen LogP contribution in [-0.2, 0) is 0 Å². The number of fused-ring (bicyclic) bond motifs is 5. The van der Waals surface area contributed by atoms with E-state index in [0.717, 1.165) is 0 Å². The van der Waals surface area contributed by atoms with E-state index in [9.17, 15) is 0 Å². The second-order valence-electron chi connectivity index (χ2n) is 14.9. The van der Waals surface area contributed by atoms with Gasteiger partial charge in [0, 0.05) is 16.5 Å². The summed E-state index contributed by atoms with van der Waals surface area (Å²) in [4.78, 5) is 0. The van der Waals surface area contributed by atoms with Gasteiger partial charge >= 0.3 is 0 Å². The Labute approximate surface area is 332 Å². The third kappa shape index (κ3) is 5.63. The van der Waals surface area contributed by atoms with Crippen LogP contribution in [0.4, 0.5) is 0 Å². The third-order valence-corrected chi connectivity index (χ3v) is 11.6. The van der Waals surface area contributed by atoms with Gasteiger partial charge in [-0.1, -0.05) is 188 Å². The first-order valence-corrected chi connectivity index (χ1v) is 19.7. The van der Waals surface area contributed by atoms with E-state index in [-0.39, 0.29) is 0 Å². The van der Waals surface area contributed by atoms with E-state index in [0.29, 0.717) is 0 Å². The van der Waals surface area contributed by atoms with Crippen molar-refractivity contribution in [1.82, 2.24) is 4.57 Å². The van der Waals surface area contributed by atoms with Crippen molar-refractivity contribution in [2.24, 2.45) is 0 Å². The molecule has 0 fully saturated rings. The molecule has 0 bridgehead atoms. The molecule has 57 heavy (non-hydrogen) atoms. The lowest BCUT2D eigenvalue weighted by atomic mass is 9.84. The van der Waals surface area contributed by atoms with Crippen LogP contribution in [0.1, 0.15) is 0 Å². The fraction of sp³-hybridized carbons (Fsp3) is 0. The van der Waals surface area contributed by atoms with Gasteiger partial charge in [0.05, 0.1) is 11.0 Å². The van der Waals surface area contributed by atoms with Crippen molar-refractivity contribution in [2.75, 3.05) is 0 Å². The Balaban J connectivity index is 1.14. The van der Waals surface area contributed by atoms with Crippen LogP contribution in [0.15, 0.2) is 224 Å². The molecule has 0 aliphatic carbocycles. The zero-order chi connectivity index (χ0) is 37.7. The first kappa shape index (κ1) is 32.9. The molecule has 10 aromatic carbocycles. The summed E-state index contributed by atoms with van der Waals surface area (Å²) < 4.78 is 2.38. The Morgan fingerprint density at radius 3 is 1.16 bits per heavy atom. The summed E-state index contributed by atoms with van der Waals surface area (Å²) in [7, 11) is 0. The molecule has 0 N–H and O–H groups in total. The molecule has 0 unspecified atom stereocenters. The van der Waals surface area contributed by atoms with Crippen LogP contribution in [0.5, 0.6) is 0 Å². The Kier molecular flexibility index (Phi) is 7.89. The van der Waals surface area contributed by atoms with Gasteiger partial charge in [0.1, 0.15) is 0 Å². The molecule has 0 aliphatic heterocycles. The van der Waals surface area contributed by atoms with Crippen LogP contribution in [0.25, 0.3) is 105 Å². The molecule has 1 heterocycles. The normalized spacial score (nSPS) is 11.5. The summed E-state index contributed by atoms with van der Waals surface area (Å²) in [5.41, 5.74) is 15.8. The predicted octanol–water partition coefficient (Wildman–Crippen LogP) is 15.4. The second-order valence-corrected chi connectivity index (χ2v) is 14.9. The highest BCUT2D eigenvalue weighted by Gasteiger charge is 2.19. The largest absolute Gasteiger partial charge is 0.309 e. The van der Waals surface area contributed by atoms with Crippen LogP contribution in [0.2, 0.25) is 0 Å². The number of hydrogen-bond acceptors (Lipinski definition) is 0. The molecule has 0 spiro atoms. The summed E-state index contributed by atoms with van der Waals surface area (Å²) in [6.45, 7) is 0. The van der Waals surface area contributed by atoms with Gasteiger partial charge in [-0.05, 0) is 114 Å². The quantitative estimate of drug-likeness (QED) is 0.151. The fourth-order valence-corrected chi connectivity index (χ4v) is 8.91. The summed E-state index contributed by atoms with van der Waals surface area (Å²) in [5, 5.41) is 7.49. The van der Waals surface area contributed by atoms with E-state index in [1.807, 2.05) is 0 Å². The maximum Gasteiger partial charge on any atom is 0.0541 e. The summed E-state index contributed by atoms with van der Waals surface area (Å²) >= 11 is 0. The van der Waals surface area contributed by atoms with Gasteiger partial charge in [-0.25, -0.2) is 0 Å². The van der Waals surface area contributed by atoms with Gasteiger partial charge in [-0.2, -0.15) is 0 Å². The van der Waals surface area contributed by atoms with E-state index >= 15 is 0 Å². The molecule has 11 rings (SSSR count). The van der Waals surface area contributed by atoms with E-state index in [4.69, 9.17) is 0 Å². The molecule has 0 atom stereocenters. The van der Waals surface area contributed by atoms with Gasteiger partial charge in [-0.15, -0.1) is 0 Å². The summed E-state index contributed by atoms with van der Waals surface area (Å²) in [6.07, 6.45) is 0. The Morgan fingerprint density at radius 1 is 0.211 bits per heavy atom. The van der Waals surface area contributed by atoms with E-state index in [2.05, 4.69) is 229 Å². The molecule has 0 aliphatic rings. The molecule has 1 heteroatoms. The maximum absolute atomic E-state index is 2.43. The lowest BCUT2D eigenvalue weighted by Crippen LogP contribution is -1.93. The molecule has 1 aromatic heterocycles. The van der Waals surface area contributed by atoms with Crippen molar-refractivity contribution < 1.29 is 0 Å². The molecule has 0 radical (unpaired) electrons. The average Bonchev–Trinajstić information content (AvgIpc) is 3.63. The molecule has 0 saturated heterocycles. The molecular formula is C56H37N. The fourth-order valence-electron chi connectivity index (χ4n) is 8.91. The topological polar surface area (TPSA) is 4.93 Å². The molecule has 266 valence electrons. The number of benzene rings is 10. The van der Waals surface area contributed by atoms with Crippen LogP contribution >= 0.6 is 0 Å². The molecule has 1 nitrogen and oxygen atoms in total. The lowest BCUT2D eigenvalue weighted by molar-refractivity contribution is 1.18. The molecule has 0 amide bonds. The number of para-hydroxylation sites is 2. The van der Waals surface area contributed by atoms with E-state index in [1.165, 1.54) is 105 Å². The highest BCUT2D eigenvalue weighted by atomic mass is 15.0. The highest BCUT2D eigenvalue weighted by Crippen LogP contribution is 2.46. The van der Waals surface area contributed by atoms with Crippen molar-refractivity contribution in [3.63, 3.8) is 0 Å². The first-order chi connectivity index (χ1) is 28.3. The van der Waals surface area contributed by atoms with Crippen LogP contribution in [-0.4, -0.2) is 4.57 Å². The minimum atomic E-state index is 1.17. The molecule has 11 aromatic rings. The van der Waals surface area contributed by atoms with Gasteiger partial charge in [0.15, 0.2) is 0 Å². The van der Waals surface area contributed by atoms with Gasteiger partial charge in [0.2, 0.25) is 0 Å². The standard InChI is InChI=1S/C56H37N/c1-4-14-38(15-5-1)40-24-28-42(29-25-40)55-48-21-10-11-22-49(48)56(43-30-26-41(27-31-43)39-16-6-2-7-17-39)52-37-44(32-34-50(52)55)45-33-35-54-51(36-45)47-20-12-13-23-53(47)57(54)46-18-8-3-9-19-46/h1-37H. The smallest absolute Gasteiger partial charge is 0.0541 e. The van der Waals surface area contributed by atoms with Crippen molar-refractivity contribution >= 4 is 43.4 Å². The van der Waals surface area contributed by atoms with Crippen molar-refractivity contribution in [1.29, 1.82) is 0 Å². The summed E-state index contributed by atoms with van der Waals surface area (Å²) in [5.74, 6) is 0. The number of nitrogens with zero attached hydrogens (tertiary/aromatic N) is 1. The van der Waals surface area contributed by atoms with Crippen LogP contribution in [0.3, 0.4) is 0 Å². The number of hydrogen-bond donors (Lipinski definition) is 0. The second kappa shape index (κ2) is 13.7. The zero-order valence-corrected chi connectivity index (χ0v) is 31.3.